The normalized spacial score (nSPS) is 10.4. The zero-order valence-corrected chi connectivity index (χ0v) is 10.4. The fourth-order valence-corrected chi connectivity index (χ4v) is 2.21. The van der Waals surface area contributed by atoms with Crippen molar-refractivity contribution in [2.24, 2.45) is 0 Å². The van der Waals surface area contributed by atoms with Crippen molar-refractivity contribution >= 4 is 11.9 Å². The molecule has 0 heterocycles. The third-order valence-corrected chi connectivity index (χ3v) is 2.99. The predicted molar refractivity (Wildman–Crippen MR) is 65.0 cm³/mol. The van der Waals surface area contributed by atoms with Crippen molar-refractivity contribution in [1.29, 1.82) is 0 Å². The van der Waals surface area contributed by atoms with Crippen molar-refractivity contribution in [3.05, 3.63) is 33.9 Å². The Morgan fingerprint density at radius 2 is 1.33 bits per heavy atom. The Labute approximate surface area is 105 Å². The van der Waals surface area contributed by atoms with E-state index < -0.39 is 11.9 Å². The average Bonchev–Trinajstić information content (AvgIpc) is 2.35. The van der Waals surface area contributed by atoms with Gasteiger partial charge in [-0.1, -0.05) is 13.8 Å². The molecule has 1 aromatic carbocycles. The minimum atomic E-state index is -1.17. The van der Waals surface area contributed by atoms with Crippen LogP contribution in [0.4, 0.5) is 0 Å². The van der Waals surface area contributed by atoms with E-state index in [0.29, 0.717) is 29.5 Å². The maximum atomic E-state index is 11.1. The highest BCUT2D eigenvalue weighted by atomic mass is 16.4. The molecule has 0 unspecified atom stereocenters. The molecule has 0 aliphatic heterocycles. The summed E-state index contributed by atoms with van der Waals surface area (Å²) in [5, 5.41) is 27.6. The van der Waals surface area contributed by atoms with Gasteiger partial charge in [-0.2, -0.15) is 0 Å². The molecule has 0 saturated heterocycles. The van der Waals surface area contributed by atoms with Crippen LogP contribution in [-0.2, 0) is 19.4 Å². The zero-order chi connectivity index (χ0) is 13.9. The maximum Gasteiger partial charge on any atom is 0.335 e. The van der Waals surface area contributed by atoms with Crippen molar-refractivity contribution in [2.45, 2.75) is 33.3 Å². The molecule has 0 atom stereocenters. The van der Waals surface area contributed by atoms with E-state index in [1.807, 2.05) is 0 Å². The molecule has 3 N–H and O–H groups in total. The number of rotatable bonds is 5. The van der Waals surface area contributed by atoms with Crippen molar-refractivity contribution in [3.8, 4) is 0 Å². The van der Waals surface area contributed by atoms with E-state index in [1.165, 1.54) is 6.07 Å². The number of aliphatic hydroxyl groups excluding tert-OH is 1. The van der Waals surface area contributed by atoms with E-state index in [2.05, 4.69) is 0 Å². The molecule has 0 saturated carbocycles. The largest absolute Gasteiger partial charge is 0.478 e. The molecule has 0 radical (unpaired) electrons. The Bertz CT molecular complexity index is 450. The first-order chi connectivity index (χ1) is 8.47. The molecule has 98 valence electrons. The number of carboxylic acid groups (broad SMARTS) is 2. The second-order valence-electron chi connectivity index (χ2n) is 3.88. The molecule has 18 heavy (non-hydrogen) atoms. The molecule has 0 aliphatic carbocycles. The summed E-state index contributed by atoms with van der Waals surface area (Å²) in [6.07, 6.45) is 0.870. The van der Waals surface area contributed by atoms with Crippen LogP contribution >= 0.6 is 0 Å². The summed E-state index contributed by atoms with van der Waals surface area (Å²) in [5.41, 5.74) is 1.35. The number of aliphatic hydroxyl groups is 1. The summed E-state index contributed by atoms with van der Waals surface area (Å²) < 4.78 is 0. The second kappa shape index (κ2) is 5.64. The van der Waals surface area contributed by atoms with E-state index in [9.17, 15) is 14.7 Å². The Morgan fingerprint density at radius 1 is 0.944 bits per heavy atom. The lowest BCUT2D eigenvalue weighted by Gasteiger charge is -2.16. The third kappa shape index (κ3) is 2.36. The average molecular weight is 252 g/mol. The van der Waals surface area contributed by atoms with Gasteiger partial charge in [0.15, 0.2) is 0 Å². The van der Waals surface area contributed by atoms with Crippen LogP contribution in [0.15, 0.2) is 6.07 Å². The van der Waals surface area contributed by atoms with Gasteiger partial charge in [-0.3, -0.25) is 0 Å². The van der Waals surface area contributed by atoms with E-state index in [0.717, 1.165) is 0 Å². The fourth-order valence-electron chi connectivity index (χ4n) is 2.21. The van der Waals surface area contributed by atoms with Crippen LogP contribution in [0.1, 0.15) is 51.3 Å². The van der Waals surface area contributed by atoms with Gasteiger partial charge in [0.2, 0.25) is 0 Å². The molecule has 1 rings (SSSR count). The molecule has 0 aliphatic rings. The Balaban J connectivity index is 3.72. The van der Waals surface area contributed by atoms with E-state index in [1.54, 1.807) is 13.8 Å². The molecule has 5 nitrogen and oxygen atoms in total. The van der Waals surface area contributed by atoms with Gasteiger partial charge in [-0.15, -0.1) is 0 Å². The van der Waals surface area contributed by atoms with Crippen molar-refractivity contribution in [2.75, 3.05) is 0 Å². The molecule has 0 spiro atoms. The van der Waals surface area contributed by atoms with Crippen LogP contribution in [0.5, 0.6) is 0 Å². The van der Waals surface area contributed by atoms with E-state index >= 15 is 0 Å². The molecule has 5 heteroatoms. The van der Waals surface area contributed by atoms with Gasteiger partial charge in [0.05, 0.1) is 17.7 Å². The van der Waals surface area contributed by atoms with Crippen LogP contribution in [-0.4, -0.2) is 27.3 Å². The zero-order valence-electron chi connectivity index (χ0n) is 10.4. The van der Waals surface area contributed by atoms with Gasteiger partial charge in [0, 0.05) is 0 Å². The number of carboxylic acids is 2. The summed E-state index contributed by atoms with van der Waals surface area (Å²) in [6, 6.07) is 1.18. The molecule has 1 aromatic rings. The van der Waals surface area contributed by atoms with Gasteiger partial charge in [-0.25, -0.2) is 9.59 Å². The summed E-state index contributed by atoms with van der Waals surface area (Å²) >= 11 is 0. The van der Waals surface area contributed by atoms with Crippen molar-refractivity contribution in [3.63, 3.8) is 0 Å². The lowest BCUT2D eigenvalue weighted by Crippen LogP contribution is -2.14. The fraction of sp³-hybridized carbons (Fsp3) is 0.385. The summed E-state index contributed by atoms with van der Waals surface area (Å²) in [4.78, 5) is 22.3. The highest BCUT2D eigenvalue weighted by Crippen LogP contribution is 2.25. The van der Waals surface area contributed by atoms with Crippen LogP contribution in [0.2, 0.25) is 0 Å². The first-order valence-electron chi connectivity index (χ1n) is 5.72. The second-order valence-corrected chi connectivity index (χ2v) is 3.88. The Hall–Kier alpha value is -1.88. The number of carbonyl (C=O) groups is 2. The van der Waals surface area contributed by atoms with Gasteiger partial charge in [0.1, 0.15) is 0 Å². The lowest BCUT2D eigenvalue weighted by atomic mass is 9.89. The Kier molecular flexibility index (Phi) is 4.44. The minimum absolute atomic E-state index is 0.0452. The lowest BCUT2D eigenvalue weighted by molar-refractivity contribution is 0.0695. The van der Waals surface area contributed by atoms with Crippen LogP contribution in [0, 0.1) is 0 Å². The Morgan fingerprint density at radius 3 is 1.56 bits per heavy atom. The molecule has 0 bridgehead atoms. The van der Waals surface area contributed by atoms with Gasteiger partial charge < -0.3 is 15.3 Å². The van der Waals surface area contributed by atoms with Crippen molar-refractivity contribution in [1.82, 2.24) is 0 Å². The minimum Gasteiger partial charge on any atom is -0.478 e. The SMILES string of the molecule is CCc1c(C(=O)O)cc(C(=O)O)c(CC)c1CO. The first-order valence-corrected chi connectivity index (χ1v) is 5.72. The topological polar surface area (TPSA) is 94.8 Å². The molecule has 0 amide bonds. The summed E-state index contributed by atoms with van der Waals surface area (Å²) in [6.45, 7) is 3.20. The molecule has 0 aromatic heterocycles. The maximum absolute atomic E-state index is 11.1. The highest BCUT2D eigenvalue weighted by Gasteiger charge is 2.22. The number of hydrogen-bond donors (Lipinski definition) is 3. The third-order valence-electron chi connectivity index (χ3n) is 2.99. The van der Waals surface area contributed by atoms with Gasteiger partial charge in [0.25, 0.3) is 0 Å². The van der Waals surface area contributed by atoms with Crippen LogP contribution in [0.25, 0.3) is 0 Å². The van der Waals surface area contributed by atoms with Crippen LogP contribution < -0.4 is 0 Å². The number of benzene rings is 1. The molecular weight excluding hydrogens is 236 g/mol. The number of aromatic carboxylic acids is 2. The van der Waals surface area contributed by atoms with Crippen LogP contribution in [0.3, 0.4) is 0 Å². The van der Waals surface area contributed by atoms with E-state index in [-0.39, 0.29) is 17.7 Å². The van der Waals surface area contributed by atoms with Gasteiger partial charge >= 0.3 is 11.9 Å². The van der Waals surface area contributed by atoms with Crippen molar-refractivity contribution < 1.29 is 24.9 Å². The van der Waals surface area contributed by atoms with E-state index in [4.69, 9.17) is 10.2 Å². The summed E-state index contributed by atoms with van der Waals surface area (Å²) in [5.74, 6) is -2.35. The standard InChI is InChI=1S/C13H16O5/c1-3-7-9(12(15)16)5-10(13(17)18)8(4-2)11(7)6-14/h5,14H,3-4,6H2,1-2H3,(H,15,16)(H,17,18). The van der Waals surface area contributed by atoms with Gasteiger partial charge in [-0.05, 0) is 35.6 Å². The predicted octanol–water partition coefficient (Wildman–Crippen LogP) is 1.70. The molecule has 0 fully saturated rings. The first kappa shape index (κ1) is 14.2. The molecular formula is C13H16O5. The smallest absolute Gasteiger partial charge is 0.335 e. The number of hydrogen-bond acceptors (Lipinski definition) is 3. The highest BCUT2D eigenvalue weighted by molar-refractivity contribution is 5.96. The quantitative estimate of drug-likeness (QED) is 0.741. The monoisotopic (exact) mass is 252 g/mol. The summed E-state index contributed by atoms with van der Waals surface area (Å²) in [7, 11) is 0.